The maximum atomic E-state index is 12.8. The van der Waals surface area contributed by atoms with E-state index in [0.29, 0.717) is 0 Å². The van der Waals surface area contributed by atoms with Crippen molar-refractivity contribution >= 4 is 11.8 Å². The van der Waals surface area contributed by atoms with Crippen LogP contribution in [0.4, 0.5) is 19.3 Å². The molecule has 0 aliphatic heterocycles. The van der Waals surface area contributed by atoms with E-state index >= 15 is 0 Å². The van der Waals surface area contributed by atoms with Crippen LogP contribution in [0.25, 0.3) is 0 Å². The highest BCUT2D eigenvalue weighted by Crippen LogP contribution is 2.51. The average Bonchev–Trinajstić information content (AvgIpc) is 2.25. The van der Waals surface area contributed by atoms with Crippen LogP contribution in [0.1, 0.15) is 24.3 Å². The number of nitro groups is 1. The van der Waals surface area contributed by atoms with Gasteiger partial charge in [-0.15, -0.1) is 0 Å². The molecule has 1 saturated carbocycles. The zero-order valence-corrected chi connectivity index (χ0v) is 9.51. The van der Waals surface area contributed by atoms with Gasteiger partial charge in [0, 0.05) is 30.5 Å². The van der Waals surface area contributed by atoms with Crippen molar-refractivity contribution in [1.82, 2.24) is 0 Å². The molecule has 1 aromatic rings. The van der Waals surface area contributed by atoms with Crippen molar-refractivity contribution in [2.45, 2.75) is 24.7 Å². The van der Waals surface area contributed by atoms with E-state index in [1.165, 1.54) is 0 Å². The average molecular weight is 273 g/mol. The molecule has 0 saturated heterocycles. The fraction of sp³-hybridized carbons (Fsp3) is 0.364. The van der Waals surface area contributed by atoms with Gasteiger partial charge in [-0.25, -0.2) is 13.6 Å². The second kappa shape index (κ2) is 4.45. The molecule has 0 spiro atoms. The molecule has 0 radical (unpaired) electrons. The predicted octanol–water partition coefficient (Wildman–Crippen LogP) is 3.16. The highest BCUT2D eigenvalue weighted by Gasteiger charge is 2.47. The first kappa shape index (κ1) is 13.2. The van der Waals surface area contributed by atoms with Crippen molar-refractivity contribution in [3.63, 3.8) is 0 Å². The first-order chi connectivity index (χ1) is 8.78. The van der Waals surface area contributed by atoms with Gasteiger partial charge in [0.15, 0.2) is 0 Å². The van der Waals surface area contributed by atoms with Crippen LogP contribution in [0.3, 0.4) is 0 Å². The van der Waals surface area contributed by atoms with Crippen LogP contribution in [0, 0.1) is 10.1 Å². The minimum absolute atomic E-state index is 0.127. The fourth-order valence-electron chi connectivity index (χ4n) is 2.04. The van der Waals surface area contributed by atoms with E-state index in [1.54, 1.807) is 0 Å². The van der Waals surface area contributed by atoms with Crippen LogP contribution in [0.15, 0.2) is 18.2 Å². The van der Waals surface area contributed by atoms with Crippen LogP contribution in [0.2, 0.25) is 0 Å². The molecule has 102 valence electrons. The van der Waals surface area contributed by atoms with E-state index < -0.39 is 35.8 Å². The summed E-state index contributed by atoms with van der Waals surface area (Å²) < 4.78 is 30.1. The largest absolute Gasteiger partial charge is 0.511 e. The smallest absolute Gasteiger partial charge is 0.449 e. The Bertz CT molecular complexity index is 538. The molecule has 8 heteroatoms. The molecule has 0 aromatic heterocycles. The van der Waals surface area contributed by atoms with Gasteiger partial charge < -0.3 is 9.84 Å². The normalized spacial score (nSPS) is 17.6. The van der Waals surface area contributed by atoms with Crippen LogP contribution in [0.5, 0.6) is 5.75 Å². The summed E-state index contributed by atoms with van der Waals surface area (Å²) in [6.45, 7) is 0. The van der Waals surface area contributed by atoms with Crippen molar-refractivity contribution < 1.29 is 28.3 Å². The Morgan fingerprint density at radius 2 is 2.11 bits per heavy atom. The molecular weight excluding hydrogens is 264 g/mol. The maximum absolute atomic E-state index is 12.8. The molecule has 0 heterocycles. The number of alkyl halides is 2. The molecule has 1 N–H and O–H groups in total. The third-order valence-electron chi connectivity index (χ3n) is 2.93. The van der Waals surface area contributed by atoms with Crippen molar-refractivity contribution in [3.8, 4) is 5.75 Å². The van der Waals surface area contributed by atoms with Crippen LogP contribution in [-0.2, 0) is 0 Å². The summed E-state index contributed by atoms with van der Waals surface area (Å²) in [6, 6.07) is 3.26. The summed E-state index contributed by atoms with van der Waals surface area (Å²) in [6.07, 6.45) is -2.53. The number of hydrogen-bond donors (Lipinski definition) is 1. The van der Waals surface area contributed by atoms with Gasteiger partial charge in [0.2, 0.25) is 5.92 Å². The summed E-state index contributed by atoms with van der Waals surface area (Å²) in [5.74, 6) is -3.58. The van der Waals surface area contributed by atoms with Gasteiger partial charge >= 0.3 is 6.16 Å². The van der Waals surface area contributed by atoms with E-state index in [4.69, 9.17) is 5.11 Å². The molecule has 0 amide bonds. The second-order valence-corrected chi connectivity index (χ2v) is 4.31. The highest BCUT2D eigenvalue weighted by molar-refractivity contribution is 5.63. The number of non-ortho nitro benzene ring substituents is 1. The summed E-state index contributed by atoms with van der Waals surface area (Å²) >= 11 is 0. The minimum Gasteiger partial charge on any atom is -0.449 e. The molecule has 0 bridgehead atoms. The summed E-state index contributed by atoms with van der Waals surface area (Å²) in [5.41, 5.74) is -0.162. The molecule has 6 nitrogen and oxygen atoms in total. The summed E-state index contributed by atoms with van der Waals surface area (Å²) in [7, 11) is 0. The predicted molar refractivity (Wildman–Crippen MR) is 58.7 cm³/mol. The molecule has 0 unspecified atom stereocenters. The van der Waals surface area contributed by atoms with Crippen LogP contribution < -0.4 is 4.74 Å². The number of hydrogen-bond acceptors (Lipinski definition) is 4. The second-order valence-electron chi connectivity index (χ2n) is 4.31. The van der Waals surface area contributed by atoms with Gasteiger partial charge in [-0.2, -0.15) is 0 Å². The molecule has 1 aliphatic carbocycles. The molecule has 2 rings (SSSR count). The first-order valence-corrected chi connectivity index (χ1v) is 5.35. The van der Waals surface area contributed by atoms with Crippen LogP contribution >= 0.6 is 0 Å². The van der Waals surface area contributed by atoms with E-state index in [1.807, 2.05) is 0 Å². The Morgan fingerprint density at radius 3 is 2.58 bits per heavy atom. The topological polar surface area (TPSA) is 89.7 Å². The molecular formula is C11H9F2NO5. The lowest BCUT2D eigenvalue weighted by molar-refractivity contribution is -0.385. The number of ether oxygens (including phenoxy) is 1. The quantitative estimate of drug-likeness (QED) is 0.395. The van der Waals surface area contributed by atoms with Gasteiger partial charge in [0.1, 0.15) is 5.75 Å². The number of nitro benzene ring substituents is 1. The SMILES string of the molecule is O=C(O)Oc1ccc([N+](=O)[O-])cc1C1CC(F)(F)C1. The Morgan fingerprint density at radius 1 is 1.47 bits per heavy atom. The zero-order valence-electron chi connectivity index (χ0n) is 9.51. The van der Waals surface area contributed by atoms with E-state index in [-0.39, 0.29) is 17.0 Å². The monoisotopic (exact) mass is 273 g/mol. The van der Waals surface area contributed by atoms with Crippen molar-refractivity contribution in [2.24, 2.45) is 0 Å². The molecule has 1 fully saturated rings. The lowest BCUT2D eigenvalue weighted by Crippen LogP contribution is -2.34. The molecule has 19 heavy (non-hydrogen) atoms. The summed E-state index contributed by atoms with van der Waals surface area (Å²) in [4.78, 5) is 20.5. The zero-order chi connectivity index (χ0) is 14.2. The lowest BCUT2D eigenvalue weighted by Gasteiger charge is -2.35. The third kappa shape index (κ3) is 2.78. The lowest BCUT2D eigenvalue weighted by atomic mass is 9.76. The first-order valence-electron chi connectivity index (χ1n) is 5.35. The van der Waals surface area contributed by atoms with Gasteiger partial charge in [-0.1, -0.05) is 0 Å². The van der Waals surface area contributed by atoms with Gasteiger partial charge in [-0.3, -0.25) is 10.1 Å². The van der Waals surface area contributed by atoms with E-state index in [9.17, 15) is 23.7 Å². The minimum atomic E-state index is -2.81. The molecule has 1 aromatic carbocycles. The third-order valence-corrected chi connectivity index (χ3v) is 2.93. The van der Waals surface area contributed by atoms with Gasteiger partial charge in [0.25, 0.3) is 5.69 Å². The number of benzene rings is 1. The standard InChI is InChI=1S/C11H9F2NO5/c12-11(13)4-6(5-11)8-3-7(14(17)18)1-2-9(8)19-10(15)16/h1-3,6H,4-5H2,(H,15,16). The summed E-state index contributed by atoms with van der Waals surface area (Å²) in [5, 5.41) is 19.2. The van der Waals surface area contributed by atoms with Crippen molar-refractivity contribution in [2.75, 3.05) is 0 Å². The fourth-order valence-corrected chi connectivity index (χ4v) is 2.04. The van der Waals surface area contributed by atoms with Gasteiger partial charge in [0.05, 0.1) is 4.92 Å². The van der Waals surface area contributed by atoms with Gasteiger partial charge in [-0.05, 0) is 12.0 Å². The van der Waals surface area contributed by atoms with Crippen molar-refractivity contribution in [1.29, 1.82) is 0 Å². The Balaban J connectivity index is 2.33. The number of carboxylic acid groups (broad SMARTS) is 1. The van der Waals surface area contributed by atoms with Crippen molar-refractivity contribution in [3.05, 3.63) is 33.9 Å². The van der Waals surface area contributed by atoms with E-state index in [0.717, 1.165) is 18.2 Å². The molecule has 1 aliphatic rings. The number of halogens is 2. The number of nitrogens with zero attached hydrogens (tertiary/aromatic N) is 1. The number of rotatable bonds is 3. The Labute approximate surface area is 105 Å². The Hall–Kier alpha value is -2.25. The van der Waals surface area contributed by atoms with Crippen LogP contribution in [-0.4, -0.2) is 22.1 Å². The highest BCUT2D eigenvalue weighted by atomic mass is 19.3. The maximum Gasteiger partial charge on any atom is 0.511 e. The van der Waals surface area contributed by atoms with E-state index in [2.05, 4.69) is 4.74 Å². The Kier molecular flexibility index (Phi) is 3.09. The molecule has 0 atom stereocenters. The number of carbonyl (C=O) groups is 1.